The third-order valence-electron chi connectivity index (χ3n) is 6.55. The lowest BCUT2D eigenvalue weighted by Crippen LogP contribution is -2.52. The second-order valence-electron chi connectivity index (χ2n) is 8.16. The van der Waals surface area contributed by atoms with E-state index in [4.69, 9.17) is 5.73 Å². The fraction of sp³-hybridized carbons (Fsp3) is 0.650. The van der Waals surface area contributed by atoms with E-state index in [0.717, 1.165) is 50.0 Å². The highest BCUT2D eigenvalue weighted by Gasteiger charge is 2.49. The molecule has 3 fully saturated rings. The molecule has 27 heavy (non-hydrogen) atoms. The Bertz CT molecular complexity index is 673. The Hall–Kier alpha value is -1.04. The highest BCUT2D eigenvalue weighted by Crippen LogP contribution is 2.47. The molecular weight excluding hydrogens is 388 g/mol. The zero-order valence-corrected chi connectivity index (χ0v) is 17.3. The van der Waals surface area contributed by atoms with Gasteiger partial charge in [-0.15, -0.1) is 24.8 Å². The molecule has 5 atom stereocenters. The van der Waals surface area contributed by atoms with Gasteiger partial charge in [0.15, 0.2) is 0 Å². The first-order valence-corrected chi connectivity index (χ1v) is 9.60. The molecular formula is C20H30Cl2FN3O. The molecule has 7 heteroatoms. The van der Waals surface area contributed by atoms with E-state index in [0.29, 0.717) is 11.8 Å². The van der Waals surface area contributed by atoms with Crippen molar-refractivity contribution in [1.29, 1.82) is 0 Å². The van der Waals surface area contributed by atoms with Crippen LogP contribution in [-0.4, -0.2) is 31.1 Å². The molecule has 2 saturated carbocycles. The van der Waals surface area contributed by atoms with Gasteiger partial charge >= 0.3 is 0 Å². The van der Waals surface area contributed by atoms with E-state index in [-0.39, 0.29) is 54.5 Å². The summed E-state index contributed by atoms with van der Waals surface area (Å²) in [6.45, 7) is 3.68. The van der Waals surface area contributed by atoms with E-state index >= 15 is 0 Å². The molecule has 2 aliphatic carbocycles. The van der Waals surface area contributed by atoms with Gasteiger partial charge in [0.25, 0.3) is 0 Å². The number of benzene rings is 1. The molecule has 1 heterocycles. The number of fused-ring (bicyclic) bond motifs is 2. The molecule has 0 radical (unpaired) electrons. The summed E-state index contributed by atoms with van der Waals surface area (Å²) < 4.78 is 13.4. The van der Waals surface area contributed by atoms with Crippen LogP contribution in [0.3, 0.4) is 0 Å². The van der Waals surface area contributed by atoms with E-state index in [9.17, 15) is 9.18 Å². The topological polar surface area (TPSA) is 58.4 Å². The molecule has 5 unspecified atom stereocenters. The Balaban J connectivity index is 0.00000131. The molecule has 4 nitrogen and oxygen atoms in total. The van der Waals surface area contributed by atoms with Crippen LogP contribution in [-0.2, 0) is 4.79 Å². The first kappa shape index (κ1) is 22.3. The van der Waals surface area contributed by atoms with Crippen molar-refractivity contribution in [1.82, 2.24) is 5.32 Å². The Morgan fingerprint density at radius 2 is 1.96 bits per heavy atom. The number of carbonyl (C=O) groups excluding carboxylic acids is 1. The van der Waals surface area contributed by atoms with Crippen molar-refractivity contribution < 1.29 is 9.18 Å². The number of aryl methyl sites for hydroxylation is 1. The number of piperidine rings is 1. The van der Waals surface area contributed by atoms with Gasteiger partial charge in [-0.3, -0.25) is 4.79 Å². The highest BCUT2D eigenvalue weighted by atomic mass is 35.5. The number of carbonyl (C=O) groups is 1. The average Bonchev–Trinajstić information content (AvgIpc) is 3.16. The minimum atomic E-state index is -0.201. The lowest BCUT2D eigenvalue weighted by molar-refractivity contribution is -0.127. The number of rotatable bonds is 3. The molecule has 1 aromatic rings. The maximum absolute atomic E-state index is 13.4. The van der Waals surface area contributed by atoms with Gasteiger partial charge in [0, 0.05) is 30.9 Å². The second-order valence-corrected chi connectivity index (χ2v) is 8.16. The lowest BCUT2D eigenvalue weighted by atomic mass is 9.84. The Morgan fingerprint density at radius 1 is 1.22 bits per heavy atom. The minimum Gasteiger partial charge on any atom is -0.369 e. The van der Waals surface area contributed by atoms with E-state index in [1.165, 1.54) is 12.5 Å². The number of nitrogens with zero attached hydrogens (tertiary/aromatic N) is 1. The highest BCUT2D eigenvalue weighted by molar-refractivity contribution is 5.85. The predicted molar refractivity (Wildman–Crippen MR) is 111 cm³/mol. The zero-order valence-electron chi connectivity index (χ0n) is 15.7. The molecule has 152 valence electrons. The van der Waals surface area contributed by atoms with Gasteiger partial charge in [-0.1, -0.05) is 0 Å². The average molecular weight is 418 g/mol. The summed E-state index contributed by atoms with van der Waals surface area (Å²) in [6.07, 6.45) is 5.51. The van der Waals surface area contributed by atoms with E-state index in [2.05, 4.69) is 10.2 Å². The van der Waals surface area contributed by atoms with E-state index < -0.39 is 0 Å². The molecule has 2 bridgehead atoms. The van der Waals surface area contributed by atoms with Crippen LogP contribution >= 0.6 is 24.8 Å². The molecule has 3 N–H and O–H groups in total. The lowest BCUT2D eigenvalue weighted by Gasteiger charge is -2.37. The van der Waals surface area contributed by atoms with Crippen LogP contribution in [0.1, 0.15) is 37.7 Å². The van der Waals surface area contributed by atoms with Crippen molar-refractivity contribution in [2.45, 2.75) is 51.1 Å². The smallest absolute Gasteiger partial charge is 0.225 e. The number of nitrogens with two attached hydrogens (primary N) is 1. The number of halogens is 3. The minimum absolute atomic E-state index is 0. The van der Waals surface area contributed by atoms with Gasteiger partial charge in [-0.05, 0) is 74.6 Å². The van der Waals surface area contributed by atoms with Crippen molar-refractivity contribution >= 4 is 36.4 Å². The van der Waals surface area contributed by atoms with E-state index in [1.807, 2.05) is 13.0 Å². The maximum atomic E-state index is 13.4. The maximum Gasteiger partial charge on any atom is 0.225 e. The van der Waals surface area contributed by atoms with Gasteiger partial charge in [-0.2, -0.15) is 0 Å². The summed E-state index contributed by atoms with van der Waals surface area (Å²) in [4.78, 5) is 15.1. The SMILES string of the molecule is Cc1cc(F)ccc1N1CCCC(NC(=O)C2C3CCC(C3)C2N)C1.Cl.Cl. The standard InChI is InChI=1S/C20H28FN3O.2ClH/c1-12-9-15(21)6-7-17(12)24-8-2-3-16(11-24)23-20(25)18-13-4-5-14(10-13)19(18)22;;/h6-7,9,13-14,16,18-19H,2-5,8,10-11,22H2,1H3,(H,23,25);2*1H. The third kappa shape index (κ3) is 4.36. The Morgan fingerprint density at radius 3 is 2.63 bits per heavy atom. The molecule has 1 aliphatic heterocycles. The second kappa shape index (κ2) is 8.97. The number of hydrogen-bond acceptors (Lipinski definition) is 3. The summed E-state index contributed by atoms with van der Waals surface area (Å²) in [7, 11) is 0. The molecule has 3 aliphatic rings. The molecule has 1 amide bonds. The molecule has 0 aromatic heterocycles. The van der Waals surface area contributed by atoms with Crippen LogP contribution in [0.5, 0.6) is 0 Å². The van der Waals surface area contributed by atoms with Gasteiger partial charge in [0.1, 0.15) is 5.82 Å². The summed E-state index contributed by atoms with van der Waals surface area (Å²) in [6, 6.07) is 5.13. The van der Waals surface area contributed by atoms with Gasteiger partial charge in [0.2, 0.25) is 5.91 Å². The van der Waals surface area contributed by atoms with Crippen LogP contribution < -0.4 is 16.0 Å². The fourth-order valence-electron chi connectivity index (χ4n) is 5.31. The predicted octanol–water partition coefficient (Wildman–Crippen LogP) is 3.44. The van der Waals surface area contributed by atoms with Crippen LogP contribution in [0, 0.1) is 30.5 Å². The van der Waals surface area contributed by atoms with Crippen molar-refractivity contribution in [3.05, 3.63) is 29.6 Å². The fourth-order valence-corrected chi connectivity index (χ4v) is 5.31. The summed E-state index contributed by atoms with van der Waals surface area (Å²) in [5, 5.41) is 3.27. The van der Waals surface area contributed by atoms with Gasteiger partial charge < -0.3 is 16.0 Å². The summed E-state index contributed by atoms with van der Waals surface area (Å²) in [5.41, 5.74) is 8.33. The molecule has 1 aromatic carbocycles. The zero-order chi connectivity index (χ0) is 17.6. The number of amides is 1. The molecule has 0 spiro atoms. The Kier molecular flexibility index (Phi) is 7.40. The van der Waals surface area contributed by atoms with Crippen LogP contribution in [0.15, 0.2) is 18.2 Å². The molecule has 4 rings (SSSR count). The summed E-state index contributed by atoms with van der Waals surface area (Å²) >= 11 is 0. The first-order chi connectivity index (χ1) is 12.0. The quantitative estimate of drug-likeness (QED) is 0.791. The van der Waals surface area contributed by atoms with Crippen molar-refractivity contribution in [3.8, 4) is 0 Å². The summed E-state index contributed by atoms with van der Waals surface area (Å²) in [5.74, 6) is 0.988. The van der Waals surface area contributed by atoms with Crippen LogP contribution in [0.2, 0.25) is 0 Å². The largest absolute Gasteiger partial charge is 0.369 e. The Labute approximate surface area is 173 Å². The van der Waals surface area contributed by atoms with Crippen LogP contribution in [0.25, 0.3) is 0 Å². The third-order valence-corrected chi connectivity index (χ3v) is 6.55. The molecule has 1 saturated heterocycles. The first-order valence-electron chi connectivity index (χ1n) is 9.60. The van der Waals surface area contributed by atoms with Crippen LogP contribution in [0.4, 0.5) is 10.1 Å². The van der Waals surface area contributed by atoms with Gasteiger partial charge in [-0.25, -0.2) is 4.39 Å². The number of hydrogen-bond donors (Lipinski definition) is 2. The van der Waals surface area contributed by atoms with Crippen molar-refractivity contribution in [3.63, 3.8) is 0 Å². The normalized spacial score (nSPS) is 31.8. The van der Waals surface area contributed by atoms with Gasteiger partial charge in [0.05, 0.1) is 5.92 Å². The number of anilines is 1. The van der Waals surface area contributed by atoms with E-state index in [1.54, 1.807) is 6.07 Å². The number of nitrogens with one attached hydrogen (secondary N) is 1. The van der Waals surface area contributed by atoms with Crippen molar-refractivity contribution in [2.24, 2.45) is 23.5 Å². The van der Waals surface area contributed by atoms with Crippen molar-refractivity contribution in [2.75, 3.05) is 18.0 Å². The monoisotopic (exact) mass is 417 g/mol.